The van der Waals surface area contributed by atoms with Gasteiger partial charge in [-0.25, -0.2) is 13.1 Å². The Bertz CT molecular complexity index is 700. The van der Waals surface area contributed by atoms with Crippen LogP contribution in [0, 0.1) is 5.41 Å². The van der Waals surface area contributed by atoms with Gasteiger partial charge in [0.25, 0.3) is 10.0 Å². The van der Waals surface area contributed by atoms with E-state index in [2.05, 4.69) is 0 Å². The highest BCUT2D eigenvalue weighted by Gasteiger charge is 2.39. The van der Waals surface area contributed by atoms with Crippen LogP contribution in [0.15, 0.2) is 23.1 Å². The van der Waals surface area contributed by atoms with Crippen molar-refractivity contribution in [3.05, 3.63) is 28.2 Å². The van der Waals surface area contributed by atoms with Crippen molar-refractivity contribution < 1.29 is 18.0 Å². The number of nitrogens with one attached hydrogen (secondary N) is 1. The molecule has 0 unspecified atom stereocenters. The van der Waals surface area contributed by atoms with Crippen LogP contribution in [0.2, 0.25) is 10.0 Å². The Morgan fingerprint density at radius 1 is 1.18 bits per heavy atom. The standard InChI is InChI=1S/C14H15Cl2NO4S/c1-14(7-5-9(18)6-8-14)13(19)17-22(20,21)12-10(15)3-2-4-11(12)16/h2-4H,5-8H2,1H3,(H,17,19). The van der Waals surface area contributed by atoms with Crippen LogP contribution in [0.25, 0.3) is 0 Å². The van der Waals surface area contributed by atoms with E-state index in [1.165, 1.54) is 18.2 Å². The van der Waals surface area contributed by atoms with Gasteiger partial charge in [-0.05, 0) is 25.0 Å². The van der Waals surface area contributed by atoms with Gasteiger partial charge in [-0.3, -0.25) is 9.59 Å². The lowest BCUT2D eigenvalue weighted by Gasteiger charge is -2.31. The number of carbonyl (C=O) groups excluding carboxylic acids is 2. The van der Waals surface area contributed by atoms with E-state index in [0.29, 0.717) is 12.8 Å². The lowest BCUT2D eigenvalue weighted by molar-refractivity contribution is -0.132. The molecule has 120 valence electrons. The second-order valence-electron chi connectivity index (χ2n) is 5.58. The SMILES string of the molecule is CC1(C(=O)NS(=O)(=O)c2c(Cl)cccc2Cl)CCC(=O)CC1. The summed E-state index contributed by atoms with van der Waals surface area (Å²) in [4.78, 5) is 23.3. The van der Waals surface area contributed by atoms with Crippen molar-refractivity contribution >= 4 is 44.9 Å². The zero-order valence-corrected chi connectivity index (χ0v) is 14.2. The molecule has 0 heterocycles. The van der Waals surface area contributed by atoms with E-state index in [4.69, 9.17) is 23.2 Å². The molecule has 0 aromatic heterocycles. The van der Waals surface area contributed by atoms with Gasteiger partial charge in [-0.15, -0.1) is 0 Å². The van der Waals surface area contributed by atoms with Crippen LogP contribution in [0.3, 0.4) is 0 Å². The van der Waals surface area contributed by atoms with Gasteiger partial charge in [0.2, 0.25) is 5.91 Å². The van der Waals surface area contributed by atoms with Crippen LogP contribution in [-0.2, 0) is 19.6 Å². The van der Waals surface area contributed by atoms with Gasteiger partial charge in [0, 0.05) is 18.3 Å². The van der Waals surface area contributed by atoms with E-state index in [1.54, 1.807) is 6.92 Å². The van der Waals surface area contributed by atoms with E-state index >= 15 is 0 Å². The molecule has 1 aliphatic carbocycles. The minimum absolute atomic E-state index is 0.0585. The maximum absolute atomic E-state index is 12.4. The molecule has 1 N–H and O–H groups in total. The first-order chi connectivity index (χ1) is 10.2. The second-order valence-corrected chi connectivity index (χ2v) is 8.02. The summed E-state index contributed by atoms with van der Waals surface area (Å²) < 4.78 is 26.8. The van der Waals surface area contributed by atoms with E-state index < -0.39 is 21.3 Å². The number of hydrogen-bond acceptors (Lipinski definition) is 4. The summed E-state index contributed by atoms with van der Waals surface area (Å²) in [7, 11) is -4.17. The molecule has 0 bridgehead atoms. The molecule has 1 aromatic rings. The van der Waals surface area contributed by atoms with Crippen LogP contribution >= 0.6 is 23.2 Å². The molecule has 8 heteroatoms. The van der Waals surface area contributed by atoms with Gasteiger partial charge in [0.15, 0.2) is 0 Å². The summed E-state index contributed by atoms with van der Waals surface area (Å²) in [6, 6.07) is 4.28. The molecule has 1 amide bonds. The number of carbonyl (C=O) groups is 2. The smallest absolute Gasteiger partial charge is 0.267 e. The molecule has 0 radical (unpaired) electrons. The molecule has 0 atom stereocenters. The average molecular weight is 364 g/mol. The molecule has 0 saturated heterocycles. The maximum atomic E-state index is 12.4. The highest BCUT2D eigenvalue weighted by Crippen LogP contribution is 2.35. The Morgan fingerprint density at radius 3 is 2.18 bits per heavy atom. The molecule has 1 aliphatic rings. The summed E-state index contributed by atoms with van der Waals surface area (Å²) in [5, 5.41) is -0.117. The number of hydrogen-bond donors (Lipinski definition) is 1. The van der Waals surface area contributed by atoms with Gasteiger partial charge in [0.05, 0.1) is 10.0 Å². The largest absolute Gasteiger partial charge is 0.300 e. The molecule has 5 nitrogen and oxygen atoms in total. The summed E-state index contributed by atoms with van der Waals surface area (Å²) >= 11 is 11.8. The van der Waals surface area contributed by atoms with E-state index in [-0.39, 0.29) is 33.6 Å². The number of ketones is 1. The minimum Gasteiger partial charge on any atom is -0.300 e. The number of amides is 1. The van der Waals surface area contributed by atoms with Crippen molar-refractivity contribution in [2.24, 2.45) is 5.41 Å². The molecule has 2 rings (SSSR count). The average Bonchev–Trinajstić information content (AvgIpc) is 2.41. The number of Topliss-reactive ketones (excluding diaryl/α,β-unsaturated/α-hetero) is 1. The second kappa shape index (κ2) is 6.18. The Labute approximate surface area is 139 Å². The third-order valence-corrected chi connectivity index (χ3v) is 6.16. The topological polar surface area (TPSA) is 80.3 Å². The quantitative estimate of drug-likeness (QED) is 0.894. The number of rotatable bonds is 3. The monoisotopic (exact) mass is 363 g/mol. The van der Waals surface area contributed by atoms with Crippen molar-refractivity contribution in [2.75, 3.05) is 0 Å². The zero-order valence-electron chi connectivity index (χ0n) is 11.9. The first-order valence-corrected chi connectivity index (χ1v) is 8.93. The predicted molar refractivity (Wildman–Crippen MR) is 83.4 cm³/mol. The van der Waals surface area contributed by atoms with E-state index in [0.717, 1.165) is 0 Å². The lowest BCUT2D eigenvalue weighted by atomic mass is 9.75. The summed E-state index contributed by atoms with van der Waals surface area (Å²) in [5.41, 5.74) is -0.894. The zero-order chi connectivity index (χ0) is 16.5. The summed E-state index contributed by atoms with van der Waals surface area (Å²) in [6.07, 6.45) is 1.19. The van der Waals surface area contributed by atoms with Gasteiger partial charge >= 0.3 is 0 Å². The van der Waals surface area contributed by atoms with Crippen molar-refractivity contribution in [3.8, 4) is 0 Å². The van der Waals surface area contributed by atoms with Crippen molar-refractivity contribution in [2.45, 2.75) is 37.5 Å². The highest BCUT2D eigenvalue weighted by molar-refractivity contribution is 7.90. The predicted octanol–water partition coefficient (Wildman–Crippen LogP) is 2.95. The Morgan fingerprint density at radius 2 is 1.68 bits per heavy atom. The Balaban J connectivity index is 2.26. The fraction of sp³-hybridized carbons (Fsp3) is 0.429. The molecule has 1 fully saturated rings. The van der Waals surface area contributed by atoms with Crippen LogP contribution < -0.4 is 4.72 Å². The van der Waals surface area contributed by atoms with Crippen LogP contribution in [0.4, 0.5) is 0 Å². The molecule has 0 aliphatic heterocycles. The minimum atomic E-state index is -4.17. The summed E-state index contributed by atoms with van der Waals surface area (Å²) in [5.74, 6) is -0.557. The molecule has 0 spiro atoms. The van der Waals surface area contributed by atoms with E-state index in [9.17, 15) is 18.0 Å². The van der Waals surface area contributed by atoms with Crippen molar-refractivity contribution in [1.82, 2.24) is 4.72 Å². The lowest BCUT2D eigenvalue weighted by Crippen LogP contribution is -2.44. The maximum Gasteiger partial charge on any atom is 0.267 e. The normalized spacial score (nSPS) is 18.0. The van der Waals surface area contributed by atoms with Gasteiger partial charge in [0.1, 0.15) is 10.7 Å². The van der Waals surface area contributed by atoms with Crippen LogP contribution in [0.1, 0.15) is 32.6 Å². The van der Waals surface area contributed by atoms with Gasteiger partial charge < -0.3 is 0 Å². The Hall–Kier alpha value is -1.11. The molecule has 22 heavy (non-hydrogen) atoms. The molecule has 1 aromatic carbocycles. The van der Waals surface area contributed by atoms with Gasteiger partial charge in [-0.2, -0.15) is 0 Å². The van der Waals surface area contributed by atoms with Crippen LogP contribution in [0.5, 0.6) is 0 Å². The fourth-order valence-corrected chi connectivity index (χ4v) is 4.59. The van der Waals surface area contributed by atoms with Gasteiger partial charge in [-0.1, -0.05) is 36.2 Å². The van der Waals surface area contributed by atoms with Crippen molar-refractivity contribution in [3.63, 3.8) is 0 Å². The number of sulfonamides is 1. The first kappa shape index (κ1) is 17.2. The molecular formula is C14H15Cl2NO4S. The fourth-order valence-electron chi connectivity index (χ4n) is 2.34. The highest BCUT2D eigenvalue weighted by atomic mass is 35.5. The number of halogens is 2. The molecular weight excluding hydrogens is 349 g/mol. The van der Waals surface area contributed by atoms with Crippen LogP contribution in [-0.4, -0.2) is 20.1 Å². The number of benzene rings is 1. The van der Waals surface area contributed by atoms with E-state index in [1.807, 2.05) is 4.72 Å². The third kappa shape index (κ3) is 3.45. The third-order valence-electron chi connectivity index (χ3n) is 3.87. The first-order valence-electron chi connectivity index (χ1n) is 6.69. The molecule has 1 saturated carbocycles. The Kier molecular flexibility index (Phi) is 4.84. The van der Waals surface area contributed by atoms with Crippen molar-refractivity contribution in [1.29, 1.82) is 0 Å². The summed E-state index contributed by atoms with van der Waals surface area (Å²) in [6.45, 7) is 1.65.